The fourth-order valence-electron chi connectivity index (χ4n) is 7.98. The summed E-state index contributed by atoms with van der Waals surface area (Å²) in [4.78, 5) is 38.3. The Labute approximate surface area is 450 Å². The Hall–Kier alpha value is -4.19. The van der Waals surface area contributed by atoms with E-state index in [-0.39, 0.29) is 31.1 Å². The first-order valence-electron chi connectivity index (χ1n) is 30.0. The molecule has 0 N–H and O–H groups in total. The summed E-state index contributed by atoms with van der Waals surface area (Å²) in [5, 5.41) is 0. The van der Waals surface area contributed by atoms with Crippen molar-refractivity contribution >= 4 is 17.9 Å². The van der Waals surface area contributed by atoms with Gasteiger partial charge < -0.3 is 14.2 Å². The van der Waals surface area contributed by atoms with E-state index in [1.54, 1.807) is 0 Å². The first-order chi connectivity index (χ1) is 36.0. The molecule has 0 aliphatic heterocycles. The molecule has 6 nitrogen and oxygen atoms in total. The van der Waals surface area contributed by atoms with Crippen LogP contribution in [0.4, 0.5) is 0 Å². The highest BCUT2D eigenvalue weighted by atomic mass is 16.6. The van der Waals surface area contributed by atoms with Crippen molar-refractivity contribution in [2.24, 2.45) is 0 Å². The number of hydrogen-bond donors (Lipinski definition) is 0. The maximum Gasteiger partial charge on any atom is 0.306 e. The van der Waals surface area contributed by atoms with Gasteiger partial charge in [-0.2, -0.15) is 0 Å². The van der Waals surface area contributed by atoms with E-state index in [9.17, 15) is 14.4 Å². The second kappa shape index (κ2) is 60.4. The van der Waals surface area contributed by atoms with E-state index in [0.717, 1.165) is 141 Å². The van der Waals surface area contributed by atoms with Crippen molar-refractivity contribution < 1.29 is 28.6 Å². The molecule has 0 bridgehead atoms. The third-order valence-corrected chi connectivity index (χ3v) is 12.4. The zero-order valence-corrected chi connectivity index (χ0v) is 47.4. The number of ether oxygens (including phenoxy) is 3. The van der Waals surface area contributed by atoms with Gasteiger partial charge in [0.25, 0.3) is 0 Å². The normalized spacial score (nSPS) is 13.0. The summed E-state index contributed by atoms with van der Waals surface area (Å²) in [5.74, 6) is -0.937. The highest BCUT2D eigenvalue weighted by molar-refractivity contribution is 5.71. The molecule has 1 unspecified atom stereocenters. The van der Waals surface area contributed by atoms with Gasteiger partial charge in [-0.25, -0.2) is 0 Å². The van der Waals surface area contributed by atoms with Gasteiger partial charge in [0, 0.05) is 19.3 Å². The van der Waals surface area contributed by atoms with Gasteiger partial charge in [0.2, 0.25) is 0 Å². The fourth-order valence-corrected chi connectivity index (χ4v) is 7.98. The van der Waals surface area contributed by atoms with Gasteiger partial charge in [0.15, 0.2) is 6.10 Å². The zero-order chi connectivity index (χ0) is 52.9. The van der Waals surface area contributed by atoms with Gasteiger partial charge in [-0.15, -0.1) is 0 Å². The van der Waals surface area contributed by atoms with Crippen molar-refractivity contribution in [3.05, 3.63) is 122 Å². The van der Waals surface area contributed by atoms with Crippen molar-refractivity contribution in [3.8, 4) is 0 Å². The van der Waals surface area contributed by atoms with Crippen molar-refractivity contribution in [2.75, 3.05) is 13.2 Å². The molecule has 0 aromatic carbocycles. The number of hydrogen-bond acceptors (Lipinski definition) is 6. The molecule has 0 saturated heterocycles. The topological polar surface area (TPSA) is 78.9 Å². The van der Waals surface area contributed by atoms with E-state index < -0.39 is 6.10 Å². The third kappa shape index (κ3) is 58.6. The molecule has 0 rings (SSSR count). The number of esters is 3. The van der Waals surface area contributed by atoms with Gasteiger partial charge in [0.05, 0.1) is 0 Å². The minimum absolute atomic E-state index is 0.0979. The van der Waals surface area contributed by atoms with Gasteiger partial charge in [-0.05, 0) is 128 Å². The van der Waals surface area contributed by atoms with Crippen LogP contribution in [0, 0.1) is 0 Å². The van der Waals surface area contributed by atoms with Crippen LogP contribution in [0.1, 0.15) is 265 Å². The molecule has 0 spiro atoms. The van der Waals surface area contributed by atoms with E-state index in [1.807, 2.05) is 0 Å². The van der Waals surface area contributed by atoms with E-state index in [4.69, 9.17) is 14.2 Å². The lowest BCUT2D eigenvalue weighted by Gasteiger charge is -2.18. The second-order valence-corrected chi connectivity index (χ2v) is 19.5. The summed E-state index contributed by atoms with van der Waals surface area (Å²) in [6.45, 7) is 6.36. The zero-order valence-electron chi connectivity index (χ0n) is 47.4. The predicted octanol–water partition coefficient (Wildman–Crippen LogP) is 20.4. The molecule has 73 heavy (non-hydrogen) atoms. The SMILES string of the molecule is CC/C=C\C/C=C\C/C=C\C/C=C\CCCCCCCCC(=O)OCC(COC(=O)CCCCCC/C=C\C/C=C\C/C=C\C/C=C\CC)OC(=O)CCCCCCCCCCC/C=C\C/C=C\CCCCC. The van der Waals surface area contributed by atoms with Crippen molar-refractivity contribution in [1.82, 2.24) is 0 Å². The average Bonchev–Trinajstić information content (AvgIpc) is 3.39. The highest BCUT2D eigenvalue weighted by Gasteiger charge is 2.19. The Morgan fingerprint density at radius 1 is 0.288 bits per heavy atom. The first-order valence-corrected chi connectivity index (χ1v) is 30.0. The number of allylic oxidation sites excluding steroid dienone is 20. The molecule has 0 aromatic rings. The standard InChI is InChI=1S/C67H110O6/c1-4-7-10-13-16-19-22-25-28-31-33-36-39-42-45-48-51-54-57-60-66(69)72-63-64(62-71-65(68)59-56-53-50-47-44-41-38-35-30-27-24-21-18-15-12-9-6-3)73-67(70)61-58-55-52-49-46-43-40-37-34-32-29-26-23-20-17-14-11-8-5-2/h7,9-10,12,16-21,25-30,33,36,38,41,64H,4-6,8,11,13-15,22-24,31-32,34-35,37,39-40,42-63H2,1-3H3/b10-7-,12-9-,19-16-,20-17-,21-18-,28-25-,29-26-,30-27-,36-33-,41-38-. The van der Waals surface area contributed by atoms with Crippen LogP contribution in [0.25, 0.3) is 0 Å². The summed E-state index contributed by atoms with van der Waals surface area (Å²) in [6.07, 6.45) is 83.3. The van der Waals surface area contributed by atoms with Gasteiger partial charge in [-0.1, -0.05) is 239 Å². The van der Waals surface area contributed by atoms with Crippen LogP contribution in [0.2, 0.25) is 0 Å². The molecule has 6 heteroatoms. The molecule has 0 fully saturated rings. The number of rotatable bonds is 53. The first kappa shape index (κ1) is 68.8. The Morgan fingerprint density at radius 3 is 0.836 bits per heavy atom. The molecule has 0 aliphatic carbocycles. The lowest BCUT2D eigenvalue weighted by molar-refractivity contribution is -0.167. The monoisotopic (exact) mass is 1010 g/mol. The molecule has 0 radical (unpaired) electrons. The highest BCUT2D eigenvalue weighted by Crippen LogP contribution is 2.15. The second-order valence-electron chi connectivity index (χ2n) is 19.5. The Morgan fingerprint density at radius 2 is 0.534 bits per heavy atom. The van der Waals surface area contributed by atoms with E-state index in [2.05, 4.69) is 142 Å². The number of carbonyl (C=O) groups excluding carboxylic acids is 3. The van der Waals surface area contributed by atoms with Crippen LogP contribution in [0.5, 0.6) is 0 Å². The summed E-state index contributed by atoms with van der Waals surface area (Å²) >= 11 is 0. The molecule has 0 aliphatic rings. The van der Waals surface area contributed by atoms with Crippen molar-refractivity contribution in [2.45, 2.75) is 271 Å². The molecule has 0 heterocycles. The molecular formula is C67H110O6. The van der Waals surface area contributed by atoms with Crippen molar-refractivity contribution in [3.63, 3.8) is 0 Å². The van der Waals surface area contributed by atoms with Crippen LogP contribution < -0.4 is 0 Å². The lowest BCUT2D eigenvalue weighted by atomic mass is 10.1. The van der Waals surface area contributed by atoms with Gasteiger partial charge >= 0.3 is 17.9 Å². The van der Waals surface area contributed by atoms with Crippen LogP contribution in [0.3, 0.4) is 0 Å². The lowest BCUT2D eigenvalue weighted by Crippen LogP contribution is -2.30. The molecule has 414 valence electrons. The Kier molecular flexibility index (Phi) is 56.9. The Balaban J connectivity index is 4.47. The molecular weight excluding hydrogens is 901 g/mol. The minimum atomic E-state index is -0.802. The largest absolute Gasteiger partial charge is 0.462 e. The van der Waals surface area contributed by atoms with Crippen LogP contribution in [-0.4, -0.2) is 37.2 Å². The smallest absolute Gasteiger partial charge is 0.306 e. The predicted molar refractivity (Wildman–Crippen MR) is 316 cm³/mol. The maximum absolute atomic E-state index is 12.9. The summed E-state index contributed by atoms with van der Waals surface area (Å²) in [7, 11) is 0. The third-order valence-electron chi connectivity index (χ3n) is 12.4. The fraction of sp³-hybridized carbons (Fsp3) is 0.657. The van der Waals surface area contributed by atoms with E-state index in [1.165, 1.54) is 83.5 Å². The van der Waals surface area contributed by atoms with E-state index in [0.29, 0.717) is 19.3 Å². The number of unbranched alkanes of at least 4 members (excludes halogenated alkanes) is 22. The van der Waals surface area contributed by atoms with E-state index >= 15 is 0 Å². The molecule has 0 aromatic heterocycles. The quantitative estimate of drug-likeness (QED) is 0.0261. The molecule has 1 atom stereocenters. The van der Waals surface area contributed by atoms with Crippen molar-refractivity contribution in [1.29, 1.82) is 0 Å². The summed E-state index contributed by atoms with van der Waals surface area (Å²) in [6, 6.07) is 0. The van der Waals surface area contributed by atoms with Gasteiger partial charge in [0.1, 0.15) is 13.2 Å². The van der Waals surface area contributed by atoms with Crippen LogP contribution >= 0.6 is 0 Å². The summed E-state index contributed by atoms with van der Waals surface area (Å²) in [5.41, 5.74) is 0. The molecule has 0 saturated carbocycles. The molecule has 0 amide bonds. The minimum Gasteiger partial charge on any atom is -0.462 e. The number of carbonyl (C=O) groups is 3. The summed E-state index contributed by atoms with van der Waals surface area (Å²) < 4.78 is 16.9. The Bertz CT molecular complexity index is 1540. The van der Waals surface area contributed by atoms with Crippen LogP contribution in [-0.2, 0) is 28.6 Å². The average molecular weight is 1010 g/mol. The van der Waals surface area contributed by atoms with Crippen LogP contribution in [0.15, 0.2) is 122 Å². The van der Waals surface area contributed by atoms with Gasteiger partial charge in [-0.3, -0.25) is 14.4 Å². The maximum atomic E-state index is 12.9.